The third-order valence-electron chi connectivity index (χ3n) is 5.02. The summed E-state index contributed by atoms with van der Waals surface area (Å²) in [5.41, 5.74) is 3.46. The van der Waals surface area contributed by atoms with Crippen LogP contribution < -0.4 is 0 Å². The summed E-state index contributed by atoms with van der Waals surface area (Å²) in [6.45, 7) is 7.45. The average molecular weight is 443 g/mol. The largest absolute Gasteiger partial charge is 0.298 e. The van der Waals surface area contributed by atoms with Gasteiger partial charge in [-0.25, -0.2) is 8.42 Å². The molecule has 0 aromatic heterocycles. The van der Waals surface area contributed by atoms with Crippen molar-refractivity contribution in [3.05, 3.63) is 76.9 Å². The first-order valence-corrected chi connectivity index (χ1v) is 12.1. The molecule has 0 fully saturated rings. The fraction of sp³-hybridized carbons (Fsp3) is 0.385. The zero-order valence-corrected chi connectivity index (χ0v) is 19.8. The number of hydrogen-bond donors (Lipinski definition) is 0. The van der Waals surface area contributed by atoms with Gasteiger partial charge in [-0.2, -0.15) is 0 Å². The molecule has 0 aliphatic carbocycles. The number of carbonyl (C=O) groups excluding carboxylic acids is 2. The summed E-state index contributed by atoms with van der Waals surface area (Å²) >= 11 is 0. The van der Waals surface area contributed by atoms with Gasteiger partial charge in [0.15, 0.2) is 9.84 Å². The van der Waals surface area contributed by atoms with Crippen LogP contribution in [0.3, 0.4) is 0 Å². The van der Waals surface area contributed by atoms with Crippen LogP contribution in [0.5, 0.6) is 0 Å². The Kier molecular flexibility index (Phi) is 11.7. The fourth-order valence-corrected chi connectivity index (χ4v) is 4.69. The molecule has 5 heteroatoms. The number of allylic oxidation sites excluding steroid dienone is 7. The second-order valence-corrected chi connectivity index (χ2v) is 10.1. The number of sulfone groups is 1. The molecule has 0 spiro atoms. The minimum Gasteiger partial charge on any atom is -0.298 e. The Labute approximate surface area is 187 Å². The van der Waals surface area contributed by atoms with E-state index in [9.17, 15) is 18.0 Å². The quantitative estimate of drug-likeness (QED) is 0.215. The van der Waals surface area contributed by atoms with Crippen molar-refractivity contribution in [1.82, 2.24) is 0 Å². The molecule has 0 aliphatic rings. The van der Waals surface area contributed by atoms with Crippen LogP contribution in [0.2, 0.25) is 0 Å². The summed E-state index contributed by atoms with van der Waals surface area (Å²) in [4.78, 5) is 21.7. The molecule has 0 N–H and O–H groups in total. The van der Waals surface area contributed by atoms with Crippen molar-refractivity contribution in [1.29, 1.82) is 0 Å². The summed E-state index contributed by atoms with van der Waals surface area (Å²) in [6, 6.07) is 8.53. The normalized spacial score (nSPS) is 15.0. The molecule has 168 valence electrons. The molecule has 1 atom stereocenters. The van der Waals surface area contributed by atoms with E-state index in [0.29, 0.717) is 35.3 Å². The molecule has 0 aliphatic heterocycles. The van der Waals surface area contributed by atoms with Crippen molar-refractivity contribution in [3.63, 3.8) is 0 Å². The number of carbonyl (C=O) groups is 2. The van der Waals surface area contributed by atoms with Crippen LogP contribution in [0, 0.1) is 0 Å². The third-order valence-corrected chi connectivity index (χ3v) is 7.08. The molecule has 0 amide bonds. The lowest BCUT2D eigenvalue weighted by Gasteiger charge is -2.15. The lowest BCUT2D eigenvalue weighted by molar-refractivity contribution is -0.105. The van der Waals surface area contributed by atoms with Gasteiger partial charge >= 0.3 is 0 Å². The monoisotopic (exact) mass is 442 g/mol. The van der Waals surface area contributed by atoms with E-state index < -0.39 is 15.1 Å². The molecule has 0 radical (unpaired) electrons. The first kappa shape index (κ1) is 26.5. The molecular weight excluding hydrogens is 408 g/mol. The maximum Gasteiger partial charge on any atom is 0.185 e. The van der Waals surface area contributed by atoms with Gasteiger partial charge in [0.2, 0.25) is 0 Å². The zero-order valence-electron chi connectivity index (χ0n) is 19.0. The van der Waals surface area contributed by atoms with Gasteiger partial charge in [-0.3, -0.25) is 9.59 Å². The third kappa shape index (κ3) is 9.88. The smallest absolute Gasteiger partial charge is 0.185 e. The Morgan fingerprint density at radius 1 is 0.806 bits per heavy atom. The van der Waals surface area contributed by atoms with Crippen LogP contribution in [-0.2, 0) is 19.4 Å². The van der Waals surface area contributed by atoms with Crippen LogP contribution in [-0.4, -0.2) is 26.2 Å². The maximum atomic E-state index is 13.3. The summed E-state index contributed by atoms with van der Waals surface area (Å²) in [5, 5.41) is -0.659. The van der Waals surface area contributed by atoms with Crippen LogP contribution in [0.1, 0.15) is 59.8 Å². The van der Waals surface area contributed by atoms with Crippen molar-refractivity contribution in [2.24, 2.45) is 0 Å². The average Bonchev–Trinajstić information content (AvgIpc) is 2.76. The molecule has 1 rings (SSSR count). The minimum atomic E-state index is -3.53. The van der Waals surface area contributed by atoms with Gasteiger partial charge < -0.3 is 0 Å². The fourth-order valence-electron chi connectivity index (χ4n) is 3.04. The molecule has 0 bridgehead atoms. The van der Waals surface area contributed by atoms with E-state index in [1.165, 1.54) is 0 Å². The Morgan fingerprint density at radius 2 is 1.32 bits per heavy atom. The predicted octanol–water partition coefficient (Wildman–Crippen LogP) is 5.96. The molecule has 1 unspecified atom stereocenters. The first-order chi connectivity index (χ1) is 14.7. The van der Waals surface area contributed by atoms with Crippen LogP contribution in [0.15, 0.2) is 81.8 Å². The highest BCUT2D eigenvalue weighted by Crippen LogP contribution is 2.23. The maximum absolute atomic E-state index is 13.3. The molecular formula is C26H34O4S. The summed E-state index contributed by atoms with van der Waals surface area (Å²) in [7, 11) is -3.53. The van der Waals surface area contributed by atoms with Crippen molar-refractivity contribution >= 4 is 22.4 Å². The van der Waals surface area contributed by atoms with E-state index >= 15 is 0 Å². The number of benzene rings is 1. The van der Waals surface area contributed by atoms with Crippen LogP contribution in [0.4, 0.5) is 0 Å². The second kappa shape index (κ2) is 13.7. The number of aldehydes is 2. The summed E-state index contributed by atoms with van der Waals surface area (Å²) < 4.78 is 26.5. The zero-order chi connectivity index (χ0) is 23.3. The van der Waals surface area contributed by atoms with Gasteiger partial charge in [-0.05, 0) is 83.1 Å². The lowest BCUT2D eigenvalue weighted by atomic mass is 10.1. The Hall–Kier alpha value is -2.53. The summed E-state index contributed by atoms with van der Waals surface area (Å²) in [5.74, 6) is 0. The Balaban J connectivity index is 3.05. The Morgan fingerprint density at radius 3 is 1.84 bits per heavy atom. The van der Waals surface area contributed by atoms with Gasteiger partial charge in [0.1, 0.15) is 12.6 Å². The second-order valence-electron chi connectivity index (χ2n) is 7.91. The molecule has 0 saturated heterocycles. The minimum absolute atomic E-state index is 0.316. The highest BCUT2D eigenvalue weighted by Gasteiger charge is 2.24. The first-order valence-electron chi connectivity index (χ1n) is 10.6. The summed E-state index contributed by atoms with van der Waals surface area (Å²) in [6.07, 6.45) is 12.5. The van der Waals surface area contributed by atoms with Gasteiger partial charge in [0.25, 0.3) is 0 Å². The van der Waals surface area contributed by atoms with Crippen molar-refractivity contribution in [3.8, 4) is 0 Å². The lowest BCUT2D eigenvalue weighted by Crippen LogP contribution is -2.19. The van der Waals surface area contributed by atoms with Gasteiger partial charge in [0.05, 0.1) is 10.1 Å². The topological polar surface area (TPSA) is 68.3 Å². The van der Waals surface area contributed by atoms with Gasteiger partial charge in [-0.15, -0.1) is 0 Å². The van der Waals surface area contributed by atoms with E-state index in [2.05, 4.69) is 0 Å². The van der Waals surface area contributed by atoms with E-state index in [1.54, 1.807) is 44.2 Å². The van der Waals surface area contributed by atoms with Crippen LogP contribution >= 0.6 is 0 Å². The highest BCUT2D eigenvalue weighted by molar-refractivity contribution is 7.92. The molecule has 31 heavy (non-hydrogen) atoms. The molecule has 1 aromatic rings. The van der Waals surface area contributed by atoms with Gasteiger partial charge in [0, 0.05) is 0 Å². The van der Waals surface area contributed by atoms with Crippen molar-refractivity contribution in [2.45, 2.75) is 69.9 Å². The number of rotatable bonds is 13. The SMILES string of the molecule is CC(C=O)=CCCC(C)=CCC(C=C(C)CCC=C(C)C=O)S(=O)(=O)c1ccccc1. The van der Waals surface area contributed by atoms with Crippen molar-refractivity contribution < 1.29 is 18.0 Å². The predicted molar refractivity (Wildman–Crippen MR) is 128 cm³/mol. The standard InChI is InChI=1S/C26H34O4S/c1-21(10-8-12-23(3)19-27)16-17-26(18-22(2)11-9-13-24(4)20-28)31(29,30)25-14-6-5-7-15-25/h5-7,12-16,18-20,26H,8-11,17H2,1-4H3. The highest BCUT2D eigenvalue weighted by atomic mass is 32.2. The van der Waals surface area contributed by atoms with E-state index in [0.717, 1.165) is 36.6 Å². The van der Waals surface area contributed by atoms with Crippen molar-refractivity contribution in [2.75, 3.05) is 0 Å². The van der Waals surface area contributed by atoms with Crippen LogP contribution in [0.25, 0.3) is 0 Å². The number of hydrogen-bond acceptors (Lipinski definition) is 4. The Bertz CT molecular complexity index is 948. The van der Waals surface area contributed by atoms with Gasteiger partial charge in [-0.1, -0.05) is 53.6 Å². The van der Waals surface area contributed by atoms with E-state index in [4.69, 9.17) is 0 Å². The molecule has 1 aromatic carbocycles. The molecule has 0 saturated carbocycles. The van der Waals surface area contributed by atoms with E-state index in [1.807, 2.05) is 38.2 Å². The molecule has 0 heterocycles. The van der Waals surface area contributed by atoms with E-state index in [-0.39, 0.29) is 0 Å². The molecule has 4 nitrogen and oxygen atoms in total.